The Morgan fingerprint density at radius 1 is 1.27 bits per heavy atom. The first-order valence-electron chi connectivity index (χ1n) is 8.72. The van der Waals surface area contributed by atoms with Gasteiger partial charge >= 0.3 is 0 Å². The summed E-state index contributed by atoms with van der Waals surface area (Å²) >= 11 is 0. The average Bonchev–Trinajstić information content (AvgIpc) is 3.04. The summed E-state index contributed by atoms with van der Waals surface area (Å²) in [6.07, 6.45) is 5.64. The van der Waals surface area contributed by atoms with Crippen molar-refractivity contribution in [3.8, 4) is 5.75 Å². The minimum Gasteiger partial charge on any atom is -0.494 e. The monoisotopic (exact) mass is 358 g/mol. The highest BCUT2D eigenvalue weighted by Gasteiger charge is 2.13. The lowest BCUT2D eigenvalue weighted by Gasteiger charge is -2.16. The largest absolute Gasteiger partial charge is 0.494 e. The SMILES string of the molecule is CCCCOc1ccc(C(=O)NCC(=O)N(C)Cc2cnn(C)c2)cc1. The van der Waals surface area contributed by atoms with Gasteiger partial charge in [-0.3, -0.25) is 14.3 Å². The standard InChI is InChI=1S/C19H26N4O3/c1-4-5-10-26-17-8-6-16(7-9-17)19(25)20-12-18(24)22(2)13-15-11-21-23(3)14-15/h6-9,11,14H,4-5,10,12-13H2,1-3H3,(H,20,25). The Morgan fingerprint density at radius 2 is 2.00 bits per heavy atom. The Hall–Kier alpha value is -2.83. The number of carbonyl (C=O) groups excluding carboxylic acids is 2. The van der Waals surface area contributed by atoms with E-state index in [2.05, 4.69) is 17.3 Å². The highest BCUT2D eigenvalue weighted by atomic mass is 16.5. The van der Waals surface area contributed by atoms with Gasteiger partial charge in [-0.2, -0.15) is 5.10 Å². The lowest BCUT2D eigenvalue weighted by atomic mass is 10.2. The van der Waals surface area contributed by atoms with Crippen LogP contribution in [0.1, 0.15) is 35.7 Å². The van der Waals surface area contributed by atoms with Crippen LogP contribution in [0.15, 0.2) is 36.7 Å². The predicted molar refractivity (Wildman–Crippen MR) is 98.9 cm³/mol. The Balaban J connectivity index is 1.78. The van der Waals surface area contributed by atoms with Gasteiger partial charge in [0.25, 0.3) is 5.91 Å². The molecule has 0 aliphatic heterocycles. The molecule has 1 aromatic carbocycles. The zero-order valence-electron chi connectivity index (χ0n) is 15.6. The van der Waals surface area contributed by atoms with E-state index in [4.69, 9.17) is 4.74 Å². The Labute approximate surface area is 153 Å². The second-order valence-corrected chi connectivity index (χ2v) is 6.18. The minimum atomic E-state index is -0.284. The molecule has 2 aromatic rings. The van der Waals surface area contributed by atoms with Gasteiger partial charge in [-0.15, -0.1) is 0 Å². The average molecular weight is 358 g/mol. The number of amides is 2. The number of nitrogens with one attached hydrogen (secondary N) is 1. The van der Waals surface area contributed by atoms with Crippen molar-refractivity contribution < 1.29 is 14.3 Å². The third kappa shape index (κ3) is 5.91. The third-order valence-electron chi connectivity index (χ3n) is 3.89. The maximum Gasteiger partial charge on any atom is 0.251 e. The van der Waals surface area contributed by atoms with Crippen LogP contribution >= 0.6 is 0 Å². The van der Waals surface area contributed by atoms with Crippen molar-refractivity contribution >= 4 is 11.8 Å². The number of benzene rings is 1. The summed E-state index contributed by atoms with van der Waals surface area (Å²) in [5.41, 5.74) is 1.43. The van der Waals surface area contributed by atoms with Crippen LogP contribution in [-0.2, 0) is 18.4 Å². The number of hydrogen-bond donors (Lipinski definition) is 1. The van der Waals surface area contributed by atoms with Gasteiger partial charge in [0.15, 0.2) is 0 Å². The van der Waals surface area contributed by atoms with Crippen LogP contribution in [0.5, 0.6) is 5.75 Å². The van der Waals surface area contributed by atoms with Gasteiger partial charge < -0.3 is 15.0 Å². The van der Waals surface area contributed by atoms with Crippen molar-refractivity contribution in [3.63, 3.8) is 0 Å². The van der Waals surface area contributed by atoms with E-state index < -0.39 is 0 Å². The van der Waals surface area contributed by atoms with E-state index >= 15 is 0 Å². The van der Waals surface area contributed by atoms with Crippen LogP contribution in [0.2, 0.25) is 0 Å². The molecule has 0 aliphatic carbocycles. The molecule has 0 saturated heterocycles. The number of ether oxygens (including phenoxy) is 1. The third-order valence-corrected chi connectivity index (χ3v) is 3.89. The molecular weight excluding hydrogens is 332 g/mol. The van der Waals surface area contributed by atoms with E-state index in [9.17, 15) is 9.59 Å². The minimum absolute atomic E-state index is 0.0512. The van der Waals surface area contributed by atoms with Crippen LogP contribution in [0.25, 0.3) is 0 Å². The number of rotatable bonds is 9. The molecule has 0 bridgehead atoms. The highest BCUT2D eigenvalue weighted by molar-refractivity contribution is 5.96. The van der Waals surface area contributed by atoms with E-state index in [1.807, 2.05) is 13.2 Å². The fourth-order valence-electron chi connectivity index (χ4n) is 2.35. The van der Waals surface area contributed by atoms with Crippen molar-refractivity contribution in [2.24, 2.45) is 7.05 Å². The zero-order chi connectivity index (χ0) is 18.9. The fourth-order valence-corrected chi connectivity index (χ4v) is 2.35. The van der Waals surface area contributed by atoms with Crippen LogP contribution in [0, 0.1) is 0 Å². The number of unbranched alkanes of at least 4 members (excludes halogenated alkanes) is 1. The highest BCUT2D eigenvalue weighted by Crippen LogP contribution is 2.12. The lowest BCUT2D eigenvalue weighted by molar-refractivity contribution is -0.129. The molecule has 0 unspecified atom stereocenters. The predicted octanol–water partition coefficient (Wildman–Crippen LogP) is 1.99. The van der Waals surface area contributed by atoms with Crippen LogP contribution < -0.4 is 10.1 Å². The van der Waals surface area contributed by atoms with Gasteiger partial charge in [-0.1, -0.05) is 13.3 Å². The number of nitrogens with zero attached hydrogens (tertiary/aromatic N) is 3. The molecule has 140 valence electrons. The molecule has 0 saturated carbocycles. The van der Waals surface area contributed by atoms with Crippen molar-refractivity contribution in [2.45, 2.75) is 26.3 Å². The van der Waals surface area contributed by atoms with E-state index in [1.54, 1.807) is 47.1 Å². The normalized spacial score (nSPS) is 10.4. The van der Waals surface area contributed by atoms with Crippen molar-refractivity contribution in [2.75, 3.05) is 20.2 Å². The second kappa shape index (κ2) is 9.60. The summed E-state index contributed by atoms with van der Waals surface area (Å²) in [6.45, 7) is 3.17. The summed E-state index contributed by atoms with van der Waals surface area (Å²) in [4.78, 5) is 25.9. The Kier molecular flexibility index (Phi) is 7.20. The van der Waals surface area contributed by atoms with Crippen molar-refractivity contribution in [3.05, 3.63) is 47.8 Å². The molecule has 0 radical (unpaired) electrons. The van der Waals surface area contributed by atoms with Crippen molar-refractivity contribution in [1.29, 1.82) is 0 Å². The molecule has 0 aliphatic rings. The molecule has 1 heterocycles. The van der Waals surface area contributed by atoms with Gasteiger partial charge in [0.1, 0.15) is 5.75 Å². The van der Waals surface area contributed by atoms with Crippen LogP contribution in [0.3, 0.4) is 0 Å². The first-order chi connectivity index (χ1) is 12.5. The first-order valence-corrected chi connectivity index (χ1v) is 8.72. The molecule has 26 heavy (non-hydrogen) atoms. The lowest BCUT2D eigenvalue weighted by Crippen LogP contribution is -2.37. The summed E-state index contributed by atoms with van der Waals surface area (Å²) in [5, 5.41) is 6.72. The van der Waals surface area contributed by atoms with Gasteiger partial charge in [0, 0.05) is 38.0 Å². The molecule has 1 N–H and O–H groups in total. The molecule has 0 fully saturated rings. The summed E-state index contributed by atoms with van der Waals surface area (Å²) < 4.78 is 7.26. The van der Waals surface area contributed by atoms with E-state index in [0.717, 1.165) is 24.2 Å². The molecule has 0 atom stereocenters. The number of hydrogen-bond acceptors (Lipinski definition) is 4. The first kappa shape index (κ1) is 19.5. The van der Waals surface area contributed by atoms with Crippen LogP contribution in [0.4, 0.5) is 0 Å². The fraction of sp³-hybridized carbons (Fsp3) is 0.421. The number of carbonyl (C=O) groups is 2. The summed E-state index contributed by atoms with van der Waals surface area (Å²) in [5.74, 6) is 0.289. The Morgan fingerprint density at radius 3 is 2.62 bits per heavy atom. The van der Waals surface area contributed by atoms with Gasteiger partial charge in [0.2, 0.25) is 5.91 Å². The molecule has 2 rings (SSSR count). The van der Waals surface area contributed by atoms with Gasteiger partial charge in [-0.05, 0) is 30.7 Å². The maximum atomic E-state index is 12.2. The molecule has 7 heteroatoms. The smallest absolute Gasteiger partial charge is 0.251 e. The molecule has 7 nitrogen and oxygen atoms in total. The quantitative estimate of drug-likeness (QED) is 0.696. The molecule has 0 spiro atoms. The van der Waals surface area contributed by atoms with Crippen LogP contribution in [-0.4, -0.2) is 46.7 Å². The van der Waals surface area contributed by atoms with Gasteiger partial charge in [0.05, 0.1) is 19.3 Å². The number of aryl methyl sites for hydroxylation is 1. The number of likely N-dealkylation sites (N-methyl/N-ethyl adjacent to an activating group) is 1. The summed E-state index contributed by atoms with van der Waals surface area (Å²) in [6, 6.07) is 6.92. The van der Waals surface area contributed by atoms with Gasteiger partial charge in [-0.25, -0.2) is 0 Å². The molecule has 2 amide bonds. The topological polar surface area (TPSA) is 76.5 Å². The molecular formula is C19H26N4O3. The second-order valence-electron chi connectivity index (χ2n) is 6.18. The maximum absolute atomic E-state index is 12.2. The van der Waals surface area contributed by atoms with E-state index in [0.29, 0.717) is 18.7 Å². The Bertz CT molecular complexity index is 725. The van der Waals surface area contributed by atoms with Crippen molar-refractivity contribution in [1.82, 2.24) is 20.0 Å². The molecule has 1 aromatic heterocycles. The number of aromatic nitrogens is 2. The zero-order valence-corrected chi connectivity index (χ0v) is 15.6. The van der Waals surface area contributed by atoms with E-state index in [1.165, 1.54) is 0 Å². The summed E-state index contributed by atoms with van der Waals surface area (Å²) in [7, 11) is 3.52. The van der Waals surface area contributed by atoms with E-state index in [-0.39, 0.29) is 18.4 Å².